The SMILES string of the molecule is COc1cc(/C=C2\N=C(c3ccc(-c4ccccc4)cc3)OC2=O)cc(I)c1OC(=O)c1ccc(Cl)cc1. The first kappa shape index (κ1) is 25.7. The zero-order valence-corrected chi connectivity index (χ0v) is 22.9. The fourth-order valence-corrected chi connectivity index (χ4v) is 4.65. The number of ether oxygens (including phenoxy) is 3. The lowest BCUT2D eigenvalue weighted by Gasteiger charge is -2.12. The number of carbonyl (C=O) groups excluding carboxylic acids is 2. The van der Waals surface area contributed by atoms with Crippen molar-refractivity contribution in [3.8, 4) is 22.6 Å². The van der Waals surface area contributed by atoms with Crippen LogP contribution in [0.15, 0.2) is 102 Å². The van der Waals surface area contributed by atoms with E-state index in [1.54, 1.807) is 42.5 Å². The van der Waals surface area contributed by atoms with Crippen LogP contribution in [0.4, 0.5) is 0 Å². The first-order valence-corrected chi connectivity index (χ1v) is 12.9. The smallest absolute Gasteiger partial charge is 0.363 e. The predicted octanol–water partition coefficient (Wildman–Crippen LogP) is 7.18. The highest BCUT2D eigenvalue weighted by Gasteiger charge is 2.25. The zero-order chi connectivity index (χ0) is 26.6. The fraction of sp³-hybridized carbons (Fsp3) is 0.0333. The predicted molar refractivity (Wildman–Crippen MR) is 155 cm³/mol. The largest absolute Gasteiger partial charge is 0.493 e. The second-order valence-electron chi connectivity index (χ2n) is 8.21. The number of aliphatic imine (C=N–C) groups is 1. The molecule has 0 spiro atoms. The van der Waals surface area contributed by atoms with Gasteiger partial charge in [0.2, 0.25) is 5.90 Å². The molecule has 4 aromatic carbocycles. The Morgan fingerprint density at radius 1 is 0.921 bits per heavy atom. The molecule has 1 aliphatic rings. The molecule has 0 aliphatic carbocycles. The van der Waals surface area contributed by atoms with Crippen molar-refractivity contribution in [1.29, 1.82) is 0 Å². The van der Waals surface area contributed by atoms with Crippen molar-refractivity contribution in [2.24, 2.45) is 4.99 Å². The van der Waals surface area contributed by atoms with Gasteiger partial charge >= 0.3 is 11.9 Å². The molecule has 0 amide bonds. The molecule has 8 heteroatoms. The van der Waals surface area contributed by atoms with Gasteiger partial charge in [0.15, 0.2) is 17.2 Å². The molecule has 0 saturated heterocycles. The molecule has 0 N–H and O–H groups in total. The summed E-state index contributed by atoms with van der Waals surface area (Å²) in [6.45, 7) is 0. The van der Waals surface area contributed by atoms with E-state index in [1.807, 2.05) is 77.2 Å². The number of carbonyl (C=O) groups is 2. The molecule has 0 radical (unpaired) electrons. The van der Waals surface area contributed by atoms with E-state index in [4.69, 9.17) is 25.8 Å². The Balaban J connectivity index is 1.38. The number of hydrogen-bond donors (Lipinski definition) is 0. The van der Waals surface area contributed by atoms with Crippen LogP contribution in [0.3, 0.4) is 0 Å². The van der Waals surface area contributed by atoms with Gasteiger partial charge in [-0.25, -0.2) is 14.6 Å². The zero-order valence-electron chi connectivity index (χ0n) is 20.0. The van der Waals surface area contributed by atoms with E-state index in [1.165, 1.54) is 7.11 Å². The minimum Gasteiger partial charge on any atom is -0.493 e. The van der Waals surface area contributed by atoms with Gasteiger partial charge in [-0.05, 0) is 93.9 Å². The van der Waals surface area contributed by atoms with E-state index in [0.29, 0.717) is 31.0 Å². The van der Waals surface area contributed by atoms with Crippen LogP contribution in [0.5, 0.6) is 11.5 Å². The number of hydrogen-bond acceptors (Lipinski definition) is 6. The maximum absolute atomic E-state index is 12.6. The average molecular weight is 636 g/mol. The molecular weight excluding hydrogens is 617 g/mol. The van der Waals surface area contributed by atoms with Crippen molar-refractivity contribution in [3.63, 3.8) is 0 Å². The molecule has 4 aromatic rings. The first-order chi connectivity index (χ1) is 18.4. The normalized spacial score (nSPS) is 13.7. The third kappa shape index (κ3) is 5.64. The van der Waals surface area contributed by atoms with Crippen molar-refractivity contribution in [2.75, 3.05) is 7.11 Å². The van der Waals surface area contributed by atoms with Crippen molar-refractivity contribution in [1.82, 2.24) is 0 Å². The second-order valence-corrected chi connectivity index (χ2v) is 9.81. The van der Waals surface area contributed by atoms with Crippen LogP contribution < -0.4 is 9.47 Å². The van der Waals surface area contributed by atoms with E-state index < -0.39 is 11.9 Å². The highest BCUT2D eigenvalue weighted by atomic mass is 127. The van der Waals surface area contributed by atoms with Gasteiger partial charge in [-0.1, -0.05) is 54.1 Å². The molecule has 6 nitrogen and oxygen atoms in total. The van der Waals surface area contributed by atoms with Gasteiger partial charge in [0.05, 0.1) is 16.2 Å². The van der Waals surface area contributed by atoms with Gasteiger partial charge in [0.1, 0.15) is 0 Å². The number of nitrogens with zero attached hydrogens (tertiary/aromatic N) is 1. The van der Waals surface area contributed by atoms with Gasteiger partial charge in [-0.3, -0.25) is 0 Å². The van der Waals surface area contributed by atoms with Crippen LogP contribution in [0, 0.1) is 3.57 Å². The Morgan fingerprint density at radius 3 is 2.26 bits per heavy atom. The number of rotatable bonds is 6. The Morgan fingerprint density at radius 2 is 1.58 bits per heavy atom. The Kier molecular flexibility index (Phi) is 7.57. The lowest BCUT2D eigenvalue weighted by atomic mass is 10.0. The molecule has 0 atom stereocenters. The summed E-state index contributed by atoms with van der Waals surface area (Å²) in [5.74, 6) is -0.267. The summed E-state index contributed by atoms with van der Waals surface area (Å²) in [5.41, 5.74) is 3.97. The summed E-state index contributed by atoms with van der Waals surface area (Å²) in [7, 11) is 1.47. The van der Waals surface area contributed by atoms with E-state index in [9.17, 15) is 9.59 Å². The molecule has 188 valence electrons. The second kappa shape index (κ2) is 11.2. The van der Waals surface area contributed by atoms with E-state index in [-0.39, 0.29) is 17.3 Å². The van der Waals surface area contributed by atoms with Crippen molar-refractivity contribution < 1.29 is 23.8 Å². The fourth-order valence-electron chi connectivity index (χ4n) is 3.79. The molecule has 1 aliphatic heterocycles. The monoisotopic (exact) mass is 635 g/mol. The Labute approximate surface area is 237 Å². The lowest BCUT2D eigenvalue weighted by molar-refractivity contribution is -0.129. The molecule has 1 heterocycles. The average Bonchev–Trinajstić information content (AvgIpc) is 3.30. The lowest BCUT2D eigenvalue weighted by Crippen LogP contribution is -2.10. The Bertz CT molecular complexity index is 1580. The summed E-state index contributed by atoms with van der Waals surface area (Å²) in [4.78, 5) is 29.6. The third-order valence-electron chi connectivity index (χ3n) is 5.69. The van der Waals surface area contributed by atoms with E-state index in [2.05, 4.69) is 4.99 Å². The van der Waals surface area contributed by atoms with Gasteiger partial charge in [0, 0.05) is 10.6 Å². The first-order valence-electron chi connectivity index (χ1n) is 11.4. The molecular formula is C30H19ClINO5. The van der Waals surface area contributed by atoms with Gasteiger partial charge in [-0.15, -0.1) is 0 Å². The minimum atomic E-state index is -0.556. The molecule has 0 aromatic heterocycles. The van der Waals surface area contributed by atoms with Crippen LogP contribution in [0.1, 0.15) is 21.5 Å². The van der Waals surface area contributed by atoms with Crippen LogP contribution in [-0.2, 0) is 9.53 Å². The maximum atomic E-state index is 12.6. The van der Waals surface area contributed by atoms with Crippen molar-refractivity contribution in [2.45, 2.75) is 0 Å². The summed E-state index contributed by atoms with van der Waals surface area (Å²) < 4.78 is 17.1. The third-order valence-corrected chi connectivity index (χ3v) is 6.74. The highest BCUT2D eigenvalue weighted by Crippen LogP contribution is 2.36. The molecule has 0 bridgehead atoms. The quantitative estimate of drug-likeness (QED) is 0.0971. The molecule has 0 unspecified atom stereocenters. The molecule has 0 saturated carbocycles. The van der Waals surface area contributed by atoms with Gasteiger partial charge in [-0.2, -0.15) is 0 Å². The number of cyclic esters (lactones) is 1. The minimum absolute atomic E-state index is 0.149. The summed E-state index contributed by atoms with van der Waals surface area (Å²) in [5, 5.41) is 0.520. The van der Waals surface area contributed by atoms with Crippen LogP contribution in [-0.4, -0.2) is 24.9 Å². The Hall–Kier alpha value is -3.95. The van der Waals surface area contributed by atoms with Gasteiger partial charge < -0.3 is 14.2 Å². The molecule has 38 heavy (non-hydrogen) atoms. The van der Waals surface area contributed by atoms with Gasteiger partial charge in [0.25, 0.3) is 0 Å². The maximum Gasteiger partial charge on any atom is 0.363 e. The number of halogens is 2. The van der Waals surface area contributed by atoms with Crippen molar-refractivity contribution in [3.05, 3.63) is 122 Å². The van der Waals surface area contributed by atoms with E-state index in [0.717, 1.165) is 11.1 Å². The summed E-state index contributed by atoms with van der Waals surface area (Å²) in [6.07, 6.45) is 1.60. The van der Waals surface area contributed by atoms with Crippen LogP contribution >= 0.6 is 34.2 Å². The summed E-state index contributed by atoms with van der Waals surface area (Å²) in [6, 6.07) is 27.5. The van der Waals surface area contributed by atoms with E-state index >= 15 is 0 Å². The van der Waals surface area contributed by atoms with Crippen LogP contribution in [0.2, 0.25) is 5.02 Å². The van der Waals surface area contributed by atoms with Crippen LogP contribution in [0.25, 0.3) is 17.2 Å². The summed E-state index contributed by atoms with van der Waals surface area (Å²) >= 11 is 7.95. The number of benzene rings is 4. The molecule has 0 fully saturated rings. The molecule has 5 rings (SSSR count). The topological polar surface area (TPSA) is 74.2 Å². The highest BCUT2D eigenvalue weighted by molar-refractivity contribution is 14.1. The number of esters is 2. The number of methoxy groups -OCH3 is 1. The standard InChI is InChI=1S/C30H19ClINO5/c1-36-26-17-18(15-24(32)27(26)37-29(34)22-11-13-23(31)14-12-22)16-25-30(35)38-28(33-25)21-9-7-20(8-10-21)19-5-3-2-4-6-19/h2-17H,1H3/b25-16-. The van der Waals surface area contributed by atoms with Crippen molar-refractivity contribution >= 4 is 58.1 Å².